The van der Waals surface area contributed by atoms with Gasteiger partial charge in [-0.25, -0.2) is 4.79 Å². The number of allylic oxidation sites excluding steroid dienone is 1. The number of carbonyl (C=O) groups is 1. The summed E-state index contributed by atoms with van der Waals surface area (Å²) in [6.45, 7) is 2.11. The quantitative estimate of drug-likeness (QED) is 0.740. The minimum atomic E-state index is -0.893. The molecule has 0 spiro atoms. The van der Waals surface area contributed by atoms with Crippen LogP contribution in [0, 0.1) is 0 Å². The molecule has 0 fully saturated rings. The molecule has 0 unspecified atom stereocenters. The van der Waals surface area contributed by atoms with Gasteiger partial charge in [-0.3, -0.25) is 0 Å². The summed E-state index contributed by atoms with van der Waals surface area (Å²) in [5, 5.41) is 8.39. The van der Waals surface area contributed by atoms with Crippen LogP contribution in [0.5, 0.6) is 0 Å². The first kappa shape index (κ1) is 10.5. The first-order chi connectivity index (χ1) is 6.72. The summed E-state index contributed by atoms with van der Waals surface area (Å²) in [5.41, 5.74) is 2.44. The lowest BCUT2D eigenvalue weighted by atomic mass is 10.1. The smallest absolute Gasteiger partial charge is 0.327 e. The number of carboxylic acid groups (broad SMARTS) is 1. The van der Waals surface area contributed by atoms with Crippen LogP contribution in [0.15, 0.2) is 36.4 Å². The van der Waals surface area contributed by atoms with Crippen molar-refractivity contribution in [3.63, 3.8) is 0 Å². The highest BCUT2D eigenvalue weighted by Crippen LogP contribution is 2.05. The summed E-state index contributed by atoms with van der Waals surface area (Å²) in [4.78, 5) is 10.2. The topological polar surface area (TPSA) is 37.3 Å². The van der Waals surface area contributed by atoms with E-state index in [0.29, 0.717) is 6.42 Å². The van der Waals surface area contributed by atoms with E-state index in [1.165, 1.54) is 11.6 Å². The van der Waals surface area contributed by atoms with Crippen molar-refractivity contribution in [2.45, 2.75) is 19.8 Å². The number of rotatable bonds is 4. The minimum absolute atomic E-state index is 0.677. The van der Waals surface area contributed by atoms with Crippen LogP contribution in [-0.4, -0.2) is 11.1 Å². The van der Waals surface area contributed by atoms with Gasteiger partial charge in [0.2, 0.25) is 0 Å². The Morgan fingerprint density at radius 2 is 1.86 bits per heavy atom. The van der Waals surface area contributed by atoms with Gasteiger partial charge in [0.1, 0.15) is 0 Å². The van der Waals surface area contributed by atoms with Gasteiger partial charge in [-0.05, 0) is 24.0 Å². The maximum absolute atomic E-state index is 10.2. The van der Waals surface area contributed by atoms with E-state index in [4.69, 9.17) is 5.11 Å². The molecule has 0 saturated heterocycles. The van der Waals surface area contributed by atoms with E-state index in [9.17, 15) is 4.79 Å². The Bertz CT molecular complexity index is 323. The van der Waals surface area contributed by atoms with Crippen molar-refractivity contribution in [2.24, 2.45) is 0 Å². The number of hydrogen-bond acceptors (Lipinski definition) is 1. The van der Waals surface area contributed by atoms with E-state index in [2.05, 4.69) is 19.1 Å². The largest absolute Gasteiger partial charge is 0.478 e. The molecule has 1 rings (SSSR count). The predicted octanol–water partition coefficient (Wildman–Crippen LogP) is 2.43. The SMILES string of the molecule is CCc1ccc(C/C=C/C(=O)O)cc1. The zero-order chi connectivity index (χ0) is 10.4. The van der Waals surface area contributed by atoms with Crippen molar-refractivity contribution < 1.29 is 9.90 Å². The van der Waals surface area contributed by atoms with Gasteiger partial charge in [-0.2, -0.15) is 0 Å². The van der Waals surface area contributed by atoms with E-state index < -0.39 is 5.97 Å². The fourth-order valence-electron chi connectivity index (χ4n) is 1.21. The number of hydrogen-bond donors (Lipinski definition) is 1. The molecule has 1 aromatic carbocycles. The van der Waals surface area contributed by atoms with Crippen LogP contribution in [0.1, 0.15) is 18.1 Å². The highest BCUT2D eigenvalue weighted by Gasteiger charge is 1.91. The van der Waals surface area contributed by atoms with E-state index in [1.807, 2.05) is 12.1 Å². The van der Waals surface area contributed by atoms with Crippen LogP contribution in [-0.2, 0) is 17.6 Å². The number of benzene rings is 1. The molecule has 0 saturated carbocycles. The summed E-state index contributed by atoms with van der Waals surface area (Å²) in [6, 6.07) is 8.21. The normalized spacial score (nSPS) is 10.6. The Hall–Kier alpha value is -1.57. The average Bonchev–Trinajstić information content (AvgIpc) is 2.18. The van der Waals surface area contributed by atoms with Gasteiger partial charge < -0.3 is 5.11 Å². The van der Waals surface area contributed by atoms with Crippen LogP contribution in [0.25, 0.3) is 0 Å². The van der Waals surface area contributed by atoms with Gasteiger partial charge in [0, 0.05) is 6.08 Å². The second-order valence-corrected chi connectivity index (χ2v) is 3.11. The first-order valence-corrected chi connectivity index (χ1v) is 4.69. The van der Waals surface area contributed by atoms with Crippen molar-refractivity contribution >= 4 is 5.97 Å². The third-order valence-electron chi connectivity index (χ3n) is 2.05. The third kappa shape index (κ3) is 3.44. The number of aliphatic carboxylic acids is 1. The lowest BCUT2D eigenvalue weighted by Gasteiger charge is -1.98. The van der Waals surface area contributed by atoms with E-state index >= 15 is 0 Å². The molecule has 0 aliphatic carbocycles. The highest BCUT2D eigenvalue weighted by atomic mass is 16.4. The highest BCUT2D eigenvalue weighted by molar-refractivity contribution is 5.79. The molecule has 0 amide bonds. The van der Waals surface area contributed by atoms with Crippen LogP contribution in [0.4, 0.5) is 0 Å². The summed E-state index contributed by atoms with van der Waals surface area (Å²) < 4.78 is 0. The summed E-state index contributed by atoms with van der Waals surface area (Å²) in [6.07, 6.45) is 4.54. The predicted molar refractivity (Wildman–Crippen MR) is 56.3 cm³/mol. The molecule has 14 heavy (non-hydrogen) atoms. The molecule has 0 bridgehead atoms. The molecule has 74 valence electrons. The van der Waals surface area contributed by atoms with Gasteiger partial charge in [0.25, 0.3) is 0 Å². The van der Waals surface area contributed by atoms with Gasteiger partial charge >= 0.3 is 5.97 Å². The second kappa shape index (κ2) is 5.22. The molecule has 0 atom stereocenters. The van der Waals surface area contributed by atoms with E-state index in [1.54, 1.807) is 6.08 Å². The zero-order valence-electron chi connectivity index (χ0n) is 8.23. The standard InChI is InChI=1S/C12H14O2/c1-2-10-6-8-11(9-7-10)4-3-5-12(13)14/h3,5-9H,2,4H2,1H3,(H,13,14)/b5-3+. The number of aryl methyl sites for hydroxylation is 1. The maximum Gasteiger partial charge on any atom is 0.327 e. The lowest BCUT2D eigenvalue weighted by Crippen LogP contribution is -1.88. The van der Waals surface area contributed by atoms with E-state index in [0.717, 1.165) is 12.0 Å². The fraction of sp³-hybridized carbons (Fsp3) is 0.250. The first-order valence-electron chi connectivity index (χ1n) is 4.69. The van der Waals surface area contributed by atoms with Gasteiger partial charge in [0.05, 0.1) is 0 Å². The van der Waals surface area contributed by atoms with Crippen LogP contribution in [0.3, 0.4) is 0 Å². The molecular formula is C12H14O2. The van der Waals surface area contributed by atoms with Crippen molar-refractivity contribution in [3.05, 3.63) is 47.5 Å². The maximum atomic E-state index is 10.2. The molecule has 1 N–H and O–H groups in total. The van der Waals surface area contributed by atoms with Crippen LogP contribution < -0.4 is 0 Å². The van der Waals surface area contributed by atoms with Crippen molar-refractivity contribution in [2.75, 3.05) is 0 Å². The fourth-order valence-corrected chi connectivity index (χ4v) is 1.21. The van der Waals surface area contributed by atoms with Crippen LogP contribution >= 0.6 is 0 Å². The molecular weight excluding hydrogens is 176 g/mol. The van der Waals surface area contributed by atoms with E-state index in [-0.39, 0.29) is 0 Å². The van der Waals surface area contributed by atoms with Crippen molar-refractivity contribution in [3.8, 4) is 0 Å². The molecule has 2 nitrogen and oxygen atoms in total. The van der Waals surface area contributed by atoms with Crippen molar-refractivity contribution in [1.29, 1.82) is 0 Å². The Morgan fingerprint density at radius 3 is 2.36 bits per heavy atom. The minimum Gasteiger partial charge on any atom is -0.478 e. The molecule has 1 aromatic rings. The monoisotopic (exact) mass is 190 g/mol. The van der Waals surface area contributed by atoms with Gasteiger partial charge in [0.15, 0.2) is 0 Å². The van der Waals surface area contributed by atoms with Gasteiger partial charge in [-0.1, -0.05) is 37.3 Å². The Labute approximate surface area is 83.9 Å². The Kier molecular flexibility index (Phi) is 3.92. The molecule has 0 aromatic heterocycles. The Morgan fingerprint density at radius 1 is 1.29 bits per heavy atom. The summed E-state index contributed by atoms with van der Waals surface area (Å²) >= 11 is 0. The van der Waals surface area contributed by atoms with Gasteiger partial charge in [-0.15, -0.1) is 0 Å². The molecule has 0 aliphatic rings. The molecule has 0 heterocycles. The lowest BCUT2D eigenvalue weighted by molar-refractivity contribution is -0.131. The summed E-state index contributed by atoms with van der Waals surface area (Å²) in [7, 11) is 0. The molecule has 0 aliphatic heterocycles. The second-order valence-electron chi connectivity index (χ2n) is 3.11. The molecule has 0 radical (unpaired) electrons. The Balaban J connectivity index is 2.56. The molecule has 2 heteroatoms. The van der Waals surface area contributed by atoms with Crippen molar-refractivity contribution in [1.82, 2.24) is 0 Å². The van der Waals surface area contributed by atoms with Crippen LogP contribution in [0.2, 0.25) is 0 Å². The average molecular weight is 190 g/mol. The third-order valence-corrected chi connectivity index (χ3v) is 2.05. The zero-order valence-corrected chi connectivity index (χ0v) is 8.23. The number of carboxylic acids is 1. The summed E-state index contributed by atoms with van der Waals surface area (Å²) in [5.74, 6) is -0.893.